The van der Waals surface area contributed by atoms with Gasteiger partial charge in [0.1, 0.15) is 0 Å². The predicted molar refractivity (Wildman–Crippen MR) is 82.2 cm³/mol. The second-order valence-corrected chi connectivity index (χ2v) is 5.21. The maximum absolute atomic E-state index is 11.7. The molecule has 1 aromatic heterocycles. The van der Waals surface area contributed by atoms with Gasteiger partial charge in [-0.2, -0.15) is 0 Å². The van der Waals surface area contributed by atoms with Gasteiger partial charge in [-0.3, -0.25) is 4.79 Å². The third-order valence-electron chi connectivity index (χ3n) is 2.63. The van der Waals surface area contributed by atoms with E-state index in [1.54, 1.807) is 12.3 Å². The van der Waals surface area contributed by atoms with Gasteiger partial charge in [0, 0.05) is 37.7 Å². The molecular formula is C15H16N2OS. The molecule has 0 saturated carbocycles. The van der Waals surface area contributed by atoms with E-state index in [-0.39, 0.29) is 5.78 Å². The van der Waals surface area contributed by atoms with E-state index in [1.807, 2.05) is 60.8 Å². The second-order valence-electron chi connectivity index (χ2n) is 4.26. The molecule has 0 saturated heterocycles. The first-order valence-electron chi connectivity index (χ1n) is 5.95. The molecule has 0 spiro atoms. The highest BCUT2D eigenvalue weighted by molar-refractivity contribution is 7.12. The number of carbonyl (C=O) groups is 1. The lowest BCUT2D eigenvalue weighted by Crippen LogP contribution is -2.08. The number of hydrogen-bond acceptors (Lipinski definition) is 4. The lowest BCUT2D eigenvalue weighted by Gasteiger charge is -2.12. The van der Waals surface area contributed by atoms with Crippen LogP contribution in [-0.2, 0) is 0 Å². The van der Waals surface area contributed by atoms with E-state index in [1.165, 1.54) is 11.3 Å². The molecule has 0 atom stereocenters. The van der Waals surface area contributed by atoms with Gasteiger partial charge in [-0.05, 0) is 35.7 Å². The van der Waals surface area contributed by atoms with Crippen LogP contribution in [0.3, 0.4) is 0 Å². The summed E-state index contributed by atoms with van der Waals surface area (Å²) in [6, 6.07) is 11.7. The number of carbonyl (C=O) groups excluding carboxylic acids is 1. The largest absolute Gasteiger partial charge is 0.378 e. The lowest BCUT2D eigenvalue weighted by atomic mass is 10.2. The van der Waals surface area contributed by atoms with E-state index < -0.39 is 0 Å². The molecule has 98 valence electrons. The molecule has 1 N–H and O–H groups in total. The van der Waals surface area contributed by atoms with E-state index in [0.717, 1.165) is 16.3 Å². The maximum atomic E-state index is 11.7. The molecule has 1 aromatic carbocycles. The van der Waals surface area contributed by atoms with Crippen molar-refractivity contribution in [2.75, 3.05) is 24.3 Å². The predicted octanol–water partition coefficient (Wildman–Crippen LogP) is 3.62. The van der Waals surface area contributed by atoms with Gasteiger partial charge in [-0.25, -0.2) is 0 Å². The number of ketones is 1. The fourth-order valence-electron chi connectivity index (χ4n) is 1.57. The molecule has 0 aliphatic carbocycles. The van der Waals surface area contributed by atoms with Gasteiger partial charge in [0.05, 0.1) is 4.88 Å². The summed E-state index contributed by atoms with van der Waals surface area (Å²) in [7, 11) is 4.00. The third kappa shape index (κ3) is 3.69. The van der Waals surface area contributed by atoms with Crippen molar-refractivity contribution in [3.8, 4) is 0 Å². The lowest BCUT2D eigenvalue weighted by molar-refractivity contribution is 0.105. The van der Waals surface area contributed by atoms with E-state index in [4.69, 9.17) is 0 Å². The number of anilines is 2. The molecule has 2 rings (SSSR count). The summed E-state index contributed by atoms with van der Waals surface area (Å²) in [5.41, 5.74) is 2.10. The van der Waals surface area contributed by atoms with Crippen molar-refractivity contribution >= 4 is 28.5 Å². The highest BCUT2D eigenvalue weighted by Crippen LogP contribution is 2.15. The standard InChI is InChI=1S/C15H16N2OS/c1-17(2)13-7-5-12(6-8-13)16-10-9-14(18)15-4-3-11-19-15/h3-11,16H,1-2H3/b10-9-. The molecule has 0 fully saturated rings. The van der Waals surface area contributed by atoms with Crippen molar-refractivity contribution in [1.82, 2.24) is 0 Å². The summed E-state index contributed by atoms with van der Waals surface area (Å²) in [5, 5.41) is 4.99. The smallest absolute Gasteiger partial charge is 0.197 e. The Morgan fingerprint density at radius 3 is 2.53 bits per heavy atom. The zero-order chi connectivity index (χ0) is 13.7. The number of thiophene rings is 1. The molecule has 1 heterocycles. The van der Waals surface area contributed by atoms with Crippen molar-refractivity contribution < 1.29 is 4.79 Å². The second kappa shape index (κ2) is 6.20. The molecule has 2 aromatic rings. The van der Waals surface area contributed by atoms with Crippen LogP contribution in [0, 0.1) is 0 Å². The molecule has 0 aliphatic rings. The van der Waals surface area contributed by atoms with Crippen molar-refractivity contribution in [2.45, 2.75) is 0 Å². The van der Waals surface area contributed by atoms with Crippen molar-refractivity contribution in [2.24, 2.45) is 0 Å². The van der Waals surface area contributed by atoms with Crippen LogP contribution < -0.4 is 10.2 Å². The number of nitrogens with one attached hydrogen (secondary N) is 1. The first kappa shape index (κ1) is 13.4. The van der Waals surface area contributed by atoms with Crippen LogP contribution in [0.2, 0.25) is 0 Å². The Balaban J connectivity index is 1.93. The van der Waals surface area contributed by atoms with Crippen LogP contribution in [0.5, 0.6) is 0 Å². The van der Waals surface area contributed by atoms with Crippen LogP contribution in [0.15, 0.2) is 54.1 Å². The Kier molecular flexibility index (Phi) is 4.36. The molecule has 0 unspecified atom stereocenters. The van der Waals surface area contributed by atoms with Crippen LogP contribution in [0.25, 0.3) is 0 Å². The third-order valence-corrected chi connectivity index (χ3v) is 3.52. The van der Waals surface area contributed by atoms with Crippen molar-refractivity contribution in [1.29, 1.82) is 0 Å². The Labute approximate surface area is 117 Å². The van der Waals surface area contributed by atoms with Gasteiger partial charge in [0.2, 0.25) is 0 Å². The van der Waals surface area contributed by atoms with Gasteiger partial charge in [0.15, 0.2) is 5.78 Å². The summed E-state index contributed by atoms with van der Waals surface area (Å²) < 4.78 is 0. The molecular weight excluding hydrogens is 256 g/mol. The van der Waals surface area contributed by atoms with Gasteiger partial charge in [-0.1, -0.05) is 6.07 Å². The van der Waals surface area contributed by atoms with Crippen molar-refractivity contribution in [3.05, 3.63) is 58.9 Å². The van der Waals surface area contributed by atoms with Gasteiger partial charge in [0.25, 0.3) is 0 Å². The summed E-state index contributed by atoms with van der Waals surface area (Å²) >= 11 is 1.45. The minimum atomic E-state index is 0.0208. The van der Waals surface area contributed by atoms with E-state index in [0.29, 0.717) is 0 Å². The molecule has 0 radical (unpaired) electrons. The maximum Gasteiger partial charge on any atom is 0.197 e. The van der Waals surface area contributed by atoms with Gasteiger partial charge < -0.3 is 10.2 Å². The van der Waals surface area contributed by atoms with Crippen LogP contribution in [-0.4, -0.2) is 19.9 Å². The molecule has 0 bridgehead atoms. The zero-order valence-electron chi connectivity index (χ0n) is 11.0. The Hall–Kier alpha value is -2.07. The Morgan fingerprint density at radius 2 is 1.95 bits per heavy atom. The summed E-state index contributed by atoms with van der Waals surface area (Å²) in [5.74, 6) is 0.0208. The highest BCUT2D eigenvalue weighted by Gasteiger charge is 2.01. The Morgan fingerprint density at radius 1 is 1.21 bits per heavy atom. The minimum absolute atomic E-state index is 0.0208. The van der Waals surface area contributed by atoms with Gasteiger partial charge >= 0.3 is 0 Å². The first-order valence-corrected chi connectivity index (χ1v) is 6.83. The quantitative estimate of drug-likeness (QED) is 0.666. The minimum Gasteiger partial charge on any atom is -0.378 e. The summed E-state index contributed by atoms with van der Waals surface area (Å²) in [4.78, 5) is 14.5. The average Bonchev–Trinajstić information content (AvgIpc) is 2.93. The van der Waals surface area contributed by atoms with Gasteiger partial charge in [-0.15, -0.1) is 11.3 Å². The fourth-order valence-corrected chi connectivity index (χ4v) is 2.22. The van der Waals surface area contributed by atoms with E-state index >= 15 is 0 Å². The molecule has 4 heteroatoms. The van der Waals surface area contributed by atoms with Crippen molar-refractivity contribution in [3.63, 3.8) is 0 Å². The molecule has 0 amide bonds. The molecule has 3 nitrogen and oxygen atoms in total. The summed E-state index contributed by atoms with van der Waals surface area (Å²) in [6.45, 7) is 0. The summed E-state index contributed by atoms with van der Waals surface area (Å²) in [6.07, 6.45) is 3.22. The molecule has 19 heavy (non-hydrogen) atoms. The normalized spacial score (nSPS) is 10.6. The van der Waals surface area contributed by atoms with Crippen LogP contribution in [0.4, 0.5) is 11.4 Å². The zero-order valence-corrected chi connectivity index (χ0v) is 11.8. The number of benzene rings is 1. The first-order chi connectivity index (χ1) is 9.16. The highest BCUT2D eigenvalue weighted by atomic mass is 32.1. The van der Waals surface area contributed by atoms with E-state index in [9.17, 15) is 4.79 Å². The number of hydrogen-bond donors (Lipinski definition) is 1. The number of rotatable bonds is 5. The molecule has 0 aliphatic heterocycles. The topological polar surface area (TPSA) is 32.3 Å². The fraction of sp³-hybridized carbons (Fsp3) is 0.133. The monoisotopic (exact) mass is 272 g/mol. The van der Waals surface area contributed by atoms with E-state index in [2.05, 4.69) is 5.32 Å². The Bertz CT molecular complexity index is 556. The SMILES string of the molecule is CN(C)c1ccc(N/C=C\C(=O)c2cccs2)cc1. The number of nitrogens with zero attached hydrogens (tertiary/aromatic N) is 1. The van der Waals surface area contributed by atoms with Crippen LogP contribution in [0.1, 0.15) is 9.67 Å². The number of allylic oxidation sites excluding steroid dienone is 1. The average molecular weight is 272 g/mol. The van der Waals surface area contributed by atoms with Crippen LogP contribution >= 0.6 is 11.3 Å².